The minimum absolute atomic E-state index is 0.0101. The molecule has 0 aliphatic heterocycles. The number of benzene rings is 2. The molecule has 0 saturated heterocycles. The van der Waals surface area contributed by atoms with Crippen molar-refractivity contribution >= 4 is 112 Å². The summed E-state index contributed by atoms with van der Waals surface area (Å²) in [6.45, 7) is 5.28. The van der Waals surface area contributed by atoms with Gasteiger partial charge in [0.05, 0.1) is 34.2 Å². The Bertz CT molecular complexity index is 787. The van der Waals surface area contributed by atoms with Crippen LogP contribution < -0.4 is 9.47 Å². The summed E-state index contributed by atoms with van der Waals surface area (Å²) < 4.78 is 15.3. The molecular formula is C21H21Br7O3. The zero-order chi connectivity index (χ0) is 23.3. The second kappa shape index (κ2) is 12.9. The topological polar surface area (TPSA) is 38.7 Å². The van der Waals surface area contributed by atoms with E-state index in [2.05, 4.69) is 150 Å². The highest BCUT2D eigenvalue weighted by atomic mass is 79.9. The molecule has 0 aromatic heterocycles. The van der Waals surface area contributed by atoms with E-state index in [1.165, 1.54) is 0 Å². The van der Waals surface area contributed by atoms with Gasteiger partial charge in [-0.3, -0.25) is 0 Å². The minimum Gasteiger partial charge on any atom is -0.490 e. The molecule has 2 unspecified atom stereocenters. The van der Waals surface area contributed by atoms with Crippen LogP contribution in [0.5, 0.6) is 11.5 Å². The van der Waals surface area contributed by atoms with E-state index in [0.29, 0.717) is 19.0 Å². The first kappa shape index (κ1) is 28.6. The molecule has 2 aromatic carbocycles. The zero-order valence-electron chi connectivity index (χ0n) is 16.7. The van der Waals surface area contributed by atoms with Gasteiger partial charge in [-0.25, -0.2) is 0 Å². The number of alkyl halides is 3. The van der Waals surface area contributed by atoms with E-state index in [9.17, 15) is 5.11 Å². The Balaban J connectivity index is 2.34. The summed E-state index contributed by atoms with van der Waals surface area (Å²) in [5.41, 5.74) is 1.95. The average molecular weight is 881 g/mol. The molecule has 0 heterocycles. The zero-order valence-corrected chi connectivity index (χ0v) is 27.8. The number of halogens is 7. The van der Waals surface area contributed by atoms with Gasteiger partial charge in [-0.05, 0) is 99.1 Å². The average Bonchev–Trinajstić information content (AvgIpc) is 2.71. The maximum Gasteiger partial charge on any atom is 0.147 e. The van der Waals surface area contributed by atoms with Crippen molar-refractivity contribution in [3.63, 3.8) is 0 Å². The summed E-state index contributed by atoms with van der Waals surface area (Å²) in [5.74, 6) is 1.49. The largest absolute Gasteiger partial charge is 0.490 e. The molecule has 0 aliphatic rings. The number of aliphatic hydroxyl groups is 1. The number of rotatable bonds is 10. The van der Waals surface area contributed by atoms with Gasteiger partial charge in [0.1, 0.15) is 24.7 Å². The number of aliphatic hydroxyl groups excluding tert-OH is 1. The Kier molecular flexibility index (Phi) is 11.9. The maximum absolute atomic E-state index is 9.19. The van der Waals surface area contributed by atoms with Gasteiger partial charge in [0, 0.05) is 10.7 Å². The van der Waals surface area contributed by atoms with Crippen molar-refractivity contribution in [3.8, 4) is 11.5 Å². The van der Waals surface area contributed by atoms with Crippen LogP contribution in [-0.2, 0) is 5.41 Å². The molecule has 172 valence electrons. The number of hydrogen-bond donors (Lipinski definition) is 1. The number of ether oxygens (including phenoxy) is 2. The second-order valence-electron chi connectivity index (χ2n) is 7.32. The minimum atomic E-state index is -0.288. The Hall–Kier alpha value is 1.36. The smallest absolute Gasteiger partial charge is 0.147 e. The van der Waals surface area contributed by atoms with Gasteiger partial charge in [0.2, 0.25) is 0 Å². The quantitative estimate of drug-likeness (QED) is 0.243. The lowest BCUT2D eigenvalue weighted by molar-refractivity contribution is 0.242. The third-order valence-electron chi connectivity index (χ3n) is 4.62. The van der Waals surface area contributed by atoms with Gasteiger partial charge < -0.3 is 14.6 Å². The van der Waals surface area contributed by atoms with Gasteiger partial charge >= 0.3 is 0 Å². The molecule has 2 rings (SSSR count). The summed E-state index contributed by atoms with van der Waals surface area (Å²) in [6.07, 6.45) is 0. The second-order valence-corrected chi connectivity index (χ2v) is 14.0. The fourth-order valence-electron chi connectivity index (χ4n) is 2.73. The fourth-order valence-corrected chi connectivity index (χ4v) is 6.01. The molecule has 0 spiro atoms. The first-order valence-electron chi connectivity index (χ1n) is 9.20. The predicted molar refractivity (Wildman–Crippen MR) is 153 cm³/mol. The van der Waals surface area contributed by atoms with Crippen LogP contribution in [0, 0.1) is 0 Å². The van der Waals surface area contributed by atoms with E-state index in [1.54, 1.807) is 0 Å². The van der Waals surface area contributed by atoms with Gasteiger partial charge in [0.15, 0.2) is 0 Å². The fraction of sp³-hybridized carbons (Fsp3) is 0.429. The standard InChI is InChI=1S/C21H21Br7O3/c1-21(2,11-3-15(25)19(16(26)4-11)30-9-13(23)7-22)12-5-17(27)20(18(28)6-12)31-10-14(24)8-29/h3-6,13-14,29H,7-10H2,1-2H3. The molecule has 0 aliphatic carbocycles. The van der Waals surface area contributed by atoms with Gasteiger partial charge in [-0.15, -0.1) is 0 Å². The van der Waals surface area contributed by atoms with Gasteiger partial charge in [-0.2, -0.15) is 0 Å². The van der Waals surface area contributed by atoms with Gasteiger partial charge in [0.25, 0.3) is 0 Å². The highest BCUT2D eigenvalue weighted by Gasteiger charge is 2.27. The highest BCUT2D eigenvalue weighted by Crippen LogP contribution is 2.44. The lowest BCUT2D eigenvalue weighted by Gasteiger charge is -2.28. The van der Waals surface area contributed by atoms with Crippen molar-refractivity contribution in [3.05, 3.63) is 53.3 Å². The third kappa shape index (κ3) is 7.67. The summed E-state index contributed by atoms with van der Waals surface area (Å²) >= 11 is 25.0. The molecule has 0 bridgehead atoms. The molecule has 0 saturated carbocycles. The van der Waals surface area contributed by atoms with Crippen molar-refractivity contribution in [1.82, 2.24) is 0 Å². The molecule has 0 radical (unpaired) electrons. The monoisotopic (exact) mass is 874 g/mol. The molecule has 1 N–H and O–H groups in total. The first-order chi connectivity index (χ1) is 14.5. The van der Waals surface area contributed by atoms with Crippen molar-refractivity contribution in [2.75, 3.05) is 25.2 Å². The molecule has 0 fully saturated rings. The SMILES string of the molecule is CC(C)(c1cc(Br)c(OCC(Br)CO)c(Br)c1)c1cc(Br)c(OCC(Br)CBr)c(Br)c1. The van der Waals surface area contributed by atoms with Crippen molar-refractivity contribution in [2.24, 2.45) is 0 Å². The Morgan fingerprint density at radius 2 is 1.13 bits per heavy atom. The van der Waals surface area contributed by atoms with Crippen LogP contribution in [0.2, 0.25) is 0 Å². The van der Waals surface area contributed by atoms with E-state index in [4.69, 9.17) is 9.47 Å². The normalized spacial score (nSPS) is 13.7. The van der Waals surface area contributed by atoms with Crippen LogP contribution in [0.3, 0.4) is 0 Å². The summed E-state index contributed by atoms with van der Waals surface area (Å²) in [4.78, 5) is 0.113. The van der Waals surface area contributed by atoms with Crippen LogP contribution in [0.25, 0.3) is 0 Å². The molecule has 2 atom stereocenters. The molecule has 0 amide bonds. The van der Waals surface area contributed by atoms with Crippen LogP contribution in [0.1, 0.15) is 25.0 Å². The van der Waals surface area contributed by atoms with Crippen LogP contribution >= 0.6 is 112 Å². The van der Waals surface area contributed by atoms with E-state index in [0.717, 1.165) is 40.1 Å². The van der Waals surface area contributed by atoms with E-state index in [-0.39, 0.29) is 21.7 Å². The molecular weight excluding hydrogens is 860 g/mol. The first-order valence-corrected chi connectivity index (χ1v) is 15.3. The van der Waals surface area contributed by atoms with E-state index in [1.807, 2.05) is 0 Å². The molecule has 2 aromatic rings. The summed E-state index contributed by atoms with van der Waals surface area (Å²) in [7, 11) is 0. The van der Waals surface area contributed by atoms with E-state index >= 15 is 0 Å². The van der Waals surface area contributed by atoms with Crippen molar-refractivity contribution in [1.29, 1.82) is 0 Å². The third-order valence-corrected chi connectivity index (χ3v) is 9.77. The maximum atomic E-state index is 9.19. The van der Waals surface area contributed by atoms with Crippen LogP contribution in [0.4, 0.5) is 0 Å². The van der Waals surface area contributed by atoms with Crippen molar-refractivity contribution < 1.29 is 14.6 Å². The summed E-state index contributed by atoms with van der Waals surface area (Å²) in [5, 5.41) is 10.0. The number of hydrogen-bond acceptors (Lipinski definition) is 3. The highest BCUT2D eigenvalue weighted by molar-refractivity contribution is 9.12. The van der Waals surface area contributed by atoms with Crippen molar-refractivity contribution in [2.45, 2.75) is 28.9 Å². The lowest BCUT2D eigenvalue weighted by atomic mass is 9.78. The molecule has 10 heteroatoms. The Labute approximate surface area is 242 Å². The Morgan fingerprint density at radius 1 is 0.774 bits per heavy atom. The van der Waals surface area contributed by atoms with E-state index < -0.39 is 0 Å². The molecule has 31 heavy (non-hydrogen) atoms. The summed E-state index contributed by atoms with van der Waals surface area (Å²) in [6, 6.07) is 8.33. The van der Waals surface area contributed by atoms with Crippen LogP contribution in [-0.4, -0.2) is 39.9 Å². The van der Waals surface area contributed by atoms with Crippen LogP contribution in [0.15, 0.2) is 42.2 Å². The van der Waals surface area contributed by atoms with Gasteiger partial charge in [-0.1, -0.05) is 61.6 Å². The lowest BCUT2D eigenvalue weighted by Crippen LogP contribution is -2.20. The predicted octanol–water partition coefficient (Wildman–Crippen LogP) is 8.73. The molecule has 3 nitrogen and oxygen atoms in total. The Morgan fingerprint density at radius 3 is 1.45 bits per heavy atom.